The minimum absolute atomic E-state index is 0.0194. The number of benzene rings is 1. The zero-order valence-corrected chi connectivity index (χ0v) is 8.37. The van der Waals surface area contributed by atoms with E-state index in [0.717, 1.165) is 0 Å². The molecule has 0 aromatic heterocycles. The van der Waals surface area contributed by atoms with E-state index in [0.29, 0.717) is 5.75 Å². The number of hydrogen-bond donors (Lipinski definition) is 1. The van der Waals surface area contributed by atoms with Crippen molar-refractivity contribution >= 4 is 0 Å². The summed E-state index contributed by atoms with van der Waals surface area (Å²) < 4.78 is 23.4. The van der Waals surface area contributed by atoms with Crippen LogP contribution in [0.5, 0.6) is 11.5 Å². The van der Waals surface area contributed by atoms with Gasteiger partial charge < -0.3 is 14.6 Å². The first kappa shape index (κ1) is 10.8. The predicted octanol–water partition coefficient (Wildman–Crippen LogP) is 1.90. The zero-order valence-electron chi connectivity index (χ0n) is 8.37. The monoisotopic (exact) mass is 200 g/mol. The van der Waals surface area contributed by atoms with Crippen LogP contribution >= 0.6 is 0 Å². The van der Waals surface area contributed by atoms with E-state index in [2.05, 4.69) is 0 Å². The van der Waals surface area contributed by atoms with Gasteiger partial charge >= 0.3 is 0 Å². The SMILES string of the molecule is COc1ccc(C(C)O)c(F)c1OC. The quantitative estimate of drug-likeness (QED) is 0.809. The van der Waals surface area contributed by atoms with Gasteiger partial charge in [0.2, 0.25) is 0 Å². The lowest BCUT2D eigenvalue weighted by molar-refractivity contribution is 0.192. The number of hydrogen-bond acceptors (Lipinski definition) is 3. The Kier molecular flexibility index (Phi) is 3.30. The van der Waals surface area contributed by atoms with E-state index in [1.54, 1.807) is 6.07 Å². The van der Waals surface area contributed by atoms with Crippen LogP contribution < -0.4 is 9.47 Å². The molecule has 1 atom stereocenters. The number of aliphatic hydroxyl groups is 1. The van der Waals surface area contributed by atoms with E-state index in [-0.39, 0.29) is 11.3 Å². The molecule has 0 saturated carbocycles. The van der Waals surface area contributed by atoms with Crippen LogP contribution in [-0.4, -0.2) is 19.3 Å². The van der Waals surface area contributed by atoms with Crippen LogP contribution in [0.25, 0.3) is 0 Å². The summed E-state index contributed by atoms with van der Waals surface area (Å²) in [4.78, 5) is 0. The summed E-state index contributed by atoms with van der Waals surface area (Å²) in [5.41, 5.74) is 0.197. The van der Waals surface area contributed by atoms with Crippen molar-refractivity contribution in [1.29, 1.82) is 0 Å². The van der Waals surface area contributed by atoms with E-state index in [1.807, 2.05) is 0 Å². The van der Waals surface area contributed by atoms with Gasteiger partial charge in [-0.05, 0) is 19.1 Å². The number of methoxy groups -OCH3 is 2. The molecule has 0 spiro atoms. The summed E-state index contributed by atoms with van der Waals surface area (Å²) in [6.07, 6.45) is -0.866. The van der Waals surface area contributed by atoms with Crippen LogP contribution in [0.15, 0.2) is 12.1 Å². The first-order chi connectivity index (χ1) is 6.61. The molecule has 3 nitrogen and oxygen atoms in total. The molecule has 78 valence electrons. The lowest BCUT2D eigenvalue weighted by atomic mass is 10.1. The van der Waals surface area contributed by atoms with Gasteiger partial charge in [-0.2, -0.15) is 0 Å². The Hall–Kier alpha value is -1.29. The summed E-state index contributed by atoms with van der Waals surface area (Å²) in [7, 11) is 2.78. The van der Waals surface area contributed by atoms with E-state index >= 15 is 0 Å². The third-order valence-electron chi connectivity index (χ3n) is 1.96. The molecule has 0 amide bonds. The van der Waals surface area contributed by atoms with Gasteiger partial charge in [0.1, 0.15) is 0 Å². The van der Waals surface area contributed by atoms with Crippen molar-refractivity contribution in [3.63, 3.8) is 0 Å². The van der Waals surface area contributed by atoms with Gasteiger partial charge in [-0.25, -0.2) is 4.39 Å². The minimum atomic E-state index is -0.866. The average Bonchev–Trinajstić information content (AvgIpc) is 2.16. The van der Waals surface area contributed by atoms with Crippen LogP contribution in [0.4, 0.5) is 4.39 Å². The van der Waals surface area contributed by atoms with Gasteiger partial charge in [-0.1, -0.05) is 0 Å². The molecule has 0 aliphatic heterocycles. The highest BCUT2D eigenvalue weighted by atomic mass is 19.1. The van der Waals surface area contributed by atoms with Gasteiger partial charge in [-0.15, -0.1) is 0 Å². The van der Waals surface area contributed by atoms with Crippen molar-refractivity contribution in [2.45, 2.75) is 13.0 Å². The molecular formula is C10H13FO3. The summed E-state index contributed by atoms with van der Waals surface area (Å²) in [5.74, 6) is -0.248. The van der Waals surface area contributed by atoms with Gasteiger partial charge in [0.25, 0.3) is 0 Å². The van der Waals surface area contributed by atoms with Crippen LogP contribution in [0.2, 0.25) is 0 Å². The smallest absolute Gasteiger partial charge is 0.197 e. The van der Waals surface area contributed by atoms with E-state index < -0.39 is 11.9 Å². The molecule has 1 unspecified atom stereocenters. The molecule has 0 aliphatic carbocycles. The Morgan fingerprint density at radius 3 is 2.36 bits per heavy atom. The molecule has 1 aromatic rings. The second-order valence-electron chi connectivity index (χ2n) is 2.88. The van der Waals surface area contributed by atoms with Crippen LogP contribution in [-0.2, 0) is 0 Å². The number of ether oxygens (including phenoxy) is 2. The summed E-state index contributed by atoms with van der Waals surface area (Å²) in [6, 6.07) is 3.03. The molecule has 1 N–H and O–H groups in total. The van der Waals surface area contributed by atoms with E-state index in [9.17, 15) is 9.50 Å². The van der Waals surface area contributed by atoms with Crippen LogP contribution in [0, 0.1) is 5.82 Å². The third-order valence-corrected chi connectivity index (χ3v) is 1.96. The van der Waals surface area contributed by atoms with Crippen molar-refractivity contribution in [3.05, 3.63) is 23.5 Å². The lowest BCUT2D eigenvalue weighted by Crippen LogP contribution is -2.00. The Morgan fingerprint density at radius 1 is 1.29 bits per heavy atom. The number of aliphatic hydroxyl groups excluding tert-OH is 1. The molecule has 0 fully saturated rings. The second-order valence-corrected chi connectivity index (χ2v) is 2.88. The van der Waals surface area contributed by atoms with Gasteiger partial charge in [0, 0.05) is 5.56 Å². The van der Waals surface area contributed by atoms with E-state index in [4.69, 9.17) is 9.47 Å². The maximum atomic E-state index is 13.6. The van der Waals surface area contributed by atoms with Crippen molar-refractivity contribution < 1.29 is 19.0 Å². The molecule has 0 bridgehead atoms. The summed E-state index contributed by atoms with van der Waals surface area (Å²) in [5, 5.41) is 9.25. The van der Waals surface area contributed by atoms with Gasteiger partial charge in [0.15, 0.2) is 17.3 Å². The van der Waals surface area contributed by atoms with Crippen LogP contribution in [0.3, 0.4) is 0 Å². The zero-order chi connectivity index (χ0) is 10.7. The highest BCUT2D eigenvalue weighted by Crippen LogP contribution is 2.33. The van der Waals surface area contributed by atoms with Crippen LogP contribution in [0.1, 0.15) is 18.6 Å². The molecule has 14 heavy (non-hydrogen) atoms. The normalized spacial score (nSPS) is 12.4. The second kappa shape index (κ2) is 4.28. The highest BCUT2D eigenvalue weighted by Gasteiger charge is 2.17. The fraction of sp³-hybridized carbons (Fsp3) is 0.400. The molecule has 0 radical (unpaired) electrons. The maximum Gasteiger partial charge on any atom is 0.197 e. The number of rotatable bonds is 3. The lowest BCUT2D eigenvalue weighted by Gasteiger charge is -2.12. The molecule has 0 aliphatic rings. The Bertz CT molecular complexity index is 323. The van der Waals surface area contributed by atoms with Crippen molar-refractivity contribution in [1.82, 2.24) is 0 Å². The Morgan fingerprint density at radius 2 is 1.93 bits per heavy atom. The maximum absolute atomic E-state index is 13.6. The number of halogens is 1. The van der Waals surface area contributed by atoms with Crippen molar-refractivity contribution in [3.8, 4) is 11.5 Å². The average molecular weight is 200 g/mol. The topological polar surface area (TPSA) is 38.7 Å². The Labute approximate surface area is 82.1 Å². The van der Waals surface area contributed by atoms with Crippen molar-refractivity contribution in [2.75, 3.05) is 14.2 Å². The first-order valence-corrected chi connectivity index (χ1v) is 4.20. The largest absolute Gasteiger partial charge is 0.493 e. The summed E-state index contributed by atoms with van der Waals surface area (Å²) in [6.45, 7) is 1.49. The fourth-order valence-electron chi connectivity index (χ4n) is 1.23. The first-order valence-electron chi connectivity index (χ1n) is 4.20. The molecule has 0 saturated heterocycles. The predicted molar refractivity (Wildman–Crippen MR) is 50.1 cm³/mol. The van der Waals surface area contributed by atoms with E-state index in [1.165, 1.54) is 27.2 Å². The Balaban J connectivity index is 3.27. The summed E-state index contributed by atoms with van der Waals surface area (Å²) >= 11 is 0. The van der Waals surface area contributed by atoms with Crippen molar-refractivity contribution in [2.24, 2.45) is 0 Å². The molecule has 1 rings (SSSR count). The molecule has 4 heteroatoms. The molecular weight excluding hydrogens is 187 g/mol. The standard InChI is InChI=1S/C10H13FO3/c1-6(12)7-4-5-8(13-2)10(14-3)9(7)11/h4-6,12H,1-3H3. The van der Waals surface area contributed by atoms with Gasteiger partial charge in [-0.3, -0.25) is 0 Å². The fourth-order valence-corrected chi connectivity index (χ4v) is 1.23. The highest BCUT2D eigenvalue weighted by molar-refractivity contribution is 5.45. The minimum Gasteiger partial charge on any atom is -0.493 e. The molecule has 1 aromatic carbocycles. The van der Waals surface area contributed by atoms with Gasteiger partial charge in [0.05, 0.1) is 20.3 Å². The molecule has 0 heterocycles. The third kappa shape index (κ3) is 1.80.